The molecule has 0 aliphatic carbocycles. The zero-order valence-corrected chi connectivity index (χ0v) is 18.9. The van der Waals surface area contributed by atoms with Crippen molar-refractivity contribution in [1.82, 2.24) is 14.9 Å². The number of benzene rings is 2. The summed E-state index contributed by atoms with van der Waals surface area (Å²) in [5.41, 5.74) is 4.23. The smallest absolute Gasteiger partial charge is 0.223 e. The summed E-state index contributed by atoms with van der Waals surface area (Å²) in [7, 11) is 3.29. The van der Waals surface area contributed by atoms with Crippen molar-refractivity contribution in [2.24, 2.45) is 0 Å². The number of aryl methyl sites for hydroxylation is 1. The number of fused-ring (bicyclic) bond motifs is 2. The van der Waals surface area contributed by atoms with Crippen LogP contribution in [0.25, 0.3) is 11.0 Å². The molecule has 2 aromatic carbocycles. The van der Waals surface area contributed by atoms with Crippen LogP contribution in [0, 0.1) is 0 Å². The molecule has 0 saturated heterocycles. The number of carbonyl (C=O) groups is 1. The molecule has 32 heavy (non-hydrogen) atoms. The first-order valence-corrected chi connectivity index (χ1v) is 11.6. The lowest BCUT2D eigenvalue weighted by atomic mass is 9.90. The van der Waals surface area contributed by atoms with Crippen molar-refractivity contribution in [2.45, 2.75) is 25.3 Å². The van der Waals surface area contributed by atoms with Crippen molar-refractivity contribution in [2.75, 3.05) is 20.8 Å². The monoisotopic (exact) mass is 447 g/mol. The molecule has 0 radical (unpaired) electrons. The topological polar surface area (TPSA) is 67.5 Å². The third-order valence-corrected chi connectivity index (χ3v) is 6.95. The number of hydrogen-bond acceptors (Lipinski definition) is 5. The van der Waals surface area contributed by atoms with Crippen molar-refractivity contribution in [3.05, 3.63) is 75.7 Å². The maximum atomic E-state index is 13.4. The third-order valence-electron chi connectivity index (χ3n) is 6.02. The number of hydrogen-bond donors (Lipinski definition) is 1. The number of aromatic amines is 1. The fourth-order valence-electron chi connectivity index (χ4n) is 4.46. The summed E-state index contributed by atoms with van der Waals surface area (Å²) < 4.78 is 11.1. The first-order valence-electron chi connectivity index (χ1n) is 10.7. The Labute approximate surface area is 190 Å². The Morgan fingerprint density at radius 3 is 2.72 bits per heavy atom. The first-order chi connectivity index (χ1) is 15.7. The number of rotatable bonds is 6. The van der Waals surface area contributed by atoms with Gasteiger partial charge in [0.15, 0.2) is 11.5 Å². The van der Waals surface area contributed by atoms with E-state index in [-0.39, 0.29) is 11.9 Å². The first kappa shape index (κ1) is 20.6. The van der Waals surface area contributed by atoms with Crippen LogP contribution in [0.1, 0.15) is 34.3 Å². The summed E-state index contributed by atoms with van der Waals surface area (Å²) in [4.78, 5) is 24.5. The Morgan fingerprint density at radius 2 is 1.97 bits per heavy atom. The highest BCUT2D eigenvalue weighted by atomic mass is 32.1. The number of methoxy groups -OCH3 is 2. The highest BCUT2D eigenvalue weighted by molar-refractivity contribution is 7.10. The lowest BCUT2D eigenvalue weighted by molar-refractivity contribution is -0.133. The Balaban J connectivity index is 1.43. The molecule has 1 aliphatic heterocycles. The van der Waals surface area contributed by atoms with Gasteiger partial charge in [0.25, 0.3) is 0 Å². The second kappa shape index (κ2) is 8.67. The van der Waals surface area contributed by atoms with E-state index < -0.39 is 0 Å². The number of thiophene rings is 1. The summed E-state index contributed by atoms with van der Waals surface area (Å²) in [6.45, 7) is 0.671. The molecule has 164 valence electrons. The molecule has 2 aromatic heterocycles. The quantitative estimate of drug-likeness (QED) is 0.463. The summed E-state index contributed by atoms with van der Waals surface area (Å²) >= 11 is 1.67. The maximum Gasteiger partial charge on any atom is 0.223 e. The summed E-state index contributed by atoms with van der Waals surface area (Å²) in [5, 5.41) is 2.06. The van der Waals surface area contributed by atoms with Crippen molar-refractivity contribution in [1.29, 1.82) is 0 Å². The van der Waals surface area contributed by atoms with E-state index in [0.717, 1.165) is 39.5 Å². The van der Waals surface area contributed by atoms with Crippen LogP contribution in [0.3, 0.4) is 0 Å². The van der Waals surface area contributed by atoms with E-state index in [1.54, 1.807) is 25.6 Å². The van der Waals surface area contributed by atoms with E-state index in [0.29, 0.717) is 25.1 Å². The molecule has 1 N–H and O–H groups in total. The van der Waals surface area contributed by atoms with Gasteiger partial charge in [-0.2, -0.15) is 0 Å². The van der Waals surface area contributed by atoms with Crippen LogP contribution in [0.15, 0.2) is 53.9 Å². The minimum absolute atomic E-state index is 0.123. The lowest BCUT2D eigenvalue weighted by Gasteiger charge is -2.37. The highest BCUT2D eigenvalue weighted by Gasteiger charge is 2.33. The molecule has 7 heteroatoms. The van der Waals surface area contributed by atoms with Crippen molar-refractivity contribution in [3.63, 3.8) is 0 Å². The molecule has 1 amide bonds. The van der Waals surface area contributed by atoms with E-state index >= 15 is 0 Å². The van der Waals surface area contributed by atoms with Gasteiger partial charge in [-0.15, -0.1) is 11.3 Å². The molecular formula is C25H25N3O3S. The Kier molecular flexibility index (Phi) is 5.57. The predicted molar refractivity (Wildman–Crippen MR) is 126 cm³/mol. The molecule has 1 aliphatic rings. The highest BCUT2D eigenvalue weighted by Crippen LogP contribution is 2.42. The zero-order chi connectivity index (χ0) is 22.1. The van der Waals surface area contributed by atoms with E-state index in [1.165, 1.54) is 5.56 Å². The van der Waals surface area contributed by atoms with Gasteiger partial charge < -0.3 is 19.4 Å². The number of carbonyl (C=O) groups excluding carboxylic acids is 1. The van der Waals surface area contributed by atoms with E-state index in [1.807, 2.05) is 47.4 Å². The largest absolute Gasteiger partial charge is 0.493 e. The van der Waals surface area contributed by atoms with E-state index in [9.17, 15) is 4.79 Å². The fourth-order valence-corrected chi connectivity index (χ4v) is 5.32. The van der Waals surface area contributed by atoms with Crippen LogP contribution < -0.4 is 9.47 Å². The number of amides is 1. The molecule has 6 nitrogen and oxygen atoms in total. The van der Waals surface area contributed by atoms with E-state index in [2.05, 4.69) is 21.4 Å². The molecule has 3 heterocycles. The van der Waals surface area contributed by atoms with Crippen LogP contribution in [-0.4, -0.2) is 41.5 Å². The van der Waals surface area contributed by atoms with Gasteiger partial charge >= 0.3 is 0 Å². The van der Waals surface area contributed by atoms with Gasteiger partial charge in [-0.1, -0.05) is 18.2 Å². The van der Waals surface area contributed by atoms with Gasteiger partial charge in [0, 0.05) is 24.3 Å². The minimum Gasteiger partial charge on any atom is -0.493 e. The number of nitrogens with zero attached hydrogens (tertiary/aromatic N) is 2. The maximum absolute atomic E-state index is 13.4. The SMILES string of the molecule is COc1cc2c(cc1OC)C(c1cccs1)N(C(=O)CCc1nc3ccccc3[nH]1)CC2. The fraction of sp³-hybridized carbons (Fsp3) is 0.280. The molecule has 0 bridgehead atoms. The van der Waals surface area contributed by atoms with Gasteiger partial charge in [0.05, 0.1) is 31.3 Å². The van der Waals surface area contributed by atoms with Crippen molar-refractivity contribution >= 4 is 28.3 Å². The number of H-pyrrole nitrogens is 1. The van der Waals surface area contributed by atoms with Crippen LogP contribution in [0.5, 0.6) is 11.5 Å². The molecule has 0 saturated carbocycles. The van der Waals surface area contributed by atoms with Gasteiger partial charge in [0.2, 0.25) is 5.91 Å². The molecule has 1 atom stereocenters. The number of aromatic nitrogens is 2. The minimum atomic E-state index is -0.123. The molecule has 1 unspecified atom stereocenters. The van der Waals surface area contributed by atoms with Crippen LogP contribution >= 0.6 is 11.3 Å². The third kappa shape index (κ3) is 3.73. The molecule has 0 fully saturated rings. The molecule has 5 rings (SSSR count). The normalized spacial score (nSPS) is 15.6. The van der Waals surface area contributed by atoms with Crippen LogP contribution in [0.4, 0.5) is 0 Å². The van der Waals surface area contributed by atoms with Gasteiger partial charge in [-0.05, 0) is 53.3 Å². The Bertz CT molecular complexity index is 1220. The standard InChI is InChI=1S/C25H25N3O3S/c1-30-20-14-16-11-12-28(25(22-8-5-13-32-22)17(16)15-21(20)31-2)24(29)10-9-23-26-18-6-3-4-7-19(18)27-23/h3-8,13-15,25H,9-12H2,1-2H3,(H,26,27). The van der Waals surface area contributed by atoms with Gasteiger partial charge in [-0.3, -0.25) is 4.79 Å². The molecule has 0 spiro atoms. The number of imidazole rings is 1. The average molecular weight is 448 g/mol. The van der Waals surface area contributed by atoms with Crippen molar-refractivity contribution in [3.8, 4) is 11.5 Å². The second-order valence-corrected chi connectivity index (χ2v) is 8.84. The van der Waals surface area contributed by atoms with Crippen LogP contribution in [0.2, 0.25) is 0 Å². The Hall–Kier alpha value is -3.32. The number of ether oxygens (including phenoxy) is 2. The summed E-state index contributed by atoms with van der Waals surface area (Å²) in [6, 6.07) is 16.0. The second-order valence-electron chi connectivity index (χ2n) is 7.86. The van der Waals surface area contributed by atoms with Crippen molar-refractivity contribution < 1.29 is 14.3 Å². The lowest BCUT2D eigenvalue weighted by Crippen LogP contribution is -2.40. The van der Waals surface area contributed by atoms with Gasteiger partial charge in [0.1, 0.15) is 5.82 Å². The summed E-state index contributed by atoms with van der Waals surface area (Å²) in [6.07, 6.45) is 1.78. The Morgan fingerprint density at radius 1 is 1.16 bits per heavy atom. The summed E-state index contributed by atoms with van der Waals surface area (Å²) in [5.74, 6) is 2.38. The van der Waals surface area contributed by atoms with Gasteiger partial charge in [-0.25, -0.2) is 4.98 Å². The number of nitrogens with one attached hydrogen (secondary N) is 1. The predicted octanol–water partition coefficient (Wildman–Crippen LogP) is 4.75. The molecule has 4 aromatic rings. The van der Waals surface area contributed by atoms with Crippen LogP contribution in [-0.2, 0) is 17.6 Å². The average Bonchev–Trinajstić information content (AvgIpc) is 3.50. The van der Waals surface area contributed by atoms with E-state index in [4.69, 9.17) is 9.47 Å². The molecular weight excluding hydrogens is 422 g/mol. The number of para-hydroxylation sites is 2. The zero-order valence-electron chi connectivity index (χ0n) is 18.1.